The summed E-state index contributed by atoms with van der Waals surface area (Å²) in [7, 11) is 0. The summed E-state index contributed by atoms with van der Waals surface area (Å²) in [5, 5.41) is 11.6. The van der Waals surface area contributed by atoms with E-state index in [4.69, 9.17) is 9.84 Å². The molecule has 1 amide bonds. The van der Waals surface area contributed by atoms with Crippen molar-refractivity contribution in [1.29, 1.82) is 0 Å². The van der Waals surface area contributed by atoms with E-state index in [1.807, 2.05) is 32.0 Å². The van der Waals surface area contributed by atoms with Crippen LogP contribution in [0.25, 0.3) is 0 Å². The van der Waals surface area contributed by atoms with Gasteiger partial charge in [-0.2, -0.15) is 0 Å². The zero-order valence-electron chi connectivity index (χ0n) is 12.5. The number of amides is 1. The molecule has 1 aliphatic heterocycles. The molecule has 1 fully saturated rings. The lowest BCUT2D eigenvalue weighted by atomic mass is 10.0. The number of hydrogen-bond donors (Lipinski definition) is 2. The Hall–Kier alpha value is -1.83. The van der Waals surface area contributed by atoms with Gasteiger partial charge in [-0.3, -0.25) is 4.79 Å². The van der Waals surface area contributed by atoms with Crippen LogP contribution in [0.3, 0.4) is 0 Å². The molecule has 2 rings (SSSR count). The Morgan fingerprint density at radius 1 is 1.48 bits per heavy atom. The topological polar surface area (TPSA) is 58.6 Å². The molecule has 0 radical (unpaired) electrons. The number of carbonyl (C=O) groups is 1. The van der Waals surface area contributed by atoms with E-state index in [2.05, 4.69) is 17.2 Å². The minimum absolute atomic E-state index is 0.0549. The summed E-state index contributed by atoms with van der Waals surface area (Å²) in [5.41, 5.74) is 2.59. The fraction of sp³-hybridized carbons (Fsp3) is 0.471. The van der Waals surface area contributed by atoms with Crippen LogP contribution < -0.4 is 5.32 Å². The van der Waals surface area contributed by atoms with Crippen LogP contribution in [0.5, 0.6) is 0 Å². The summed E-state index contributed by atoms with van der Waals surface area (Å²) in [5.74, 6) is 6.02. The summed E-state index contributed by atoms with van der Waals surface area (Å²) in [6, 6.07) is 5.71. The summed E-state index contributed by atoms with van der Waals surface area (Å²) >= 11 is 0. The Balaban J connectivity index is 2.09. The van der Waals surface area contributed by atoms with Crippen LogP contribution >= 0.6 is 0 Å². The number of aliphatic hydroxyl groups excluding tert-OH is 1. The van der Waals surface area contributed by atoms with Gasteiger partial charge in [0.15, 0.2) is 0 Å². The first-order valence-electron chi connectivity index (χ1n) is 7.24. The fourth-order valence-electron chi connectivity index (χ4n) is 2.39. The summed E-state index contributed by atoms with van der Waals surface area (Å²) in [6.07, 6.45) is 1.00. The molecule has 2 atom stereocenters. The van der Waals surface area contributed by atoms with Gasteiger partial charge in [-0.25, -0.2) is 0 Å². The highest BCUT2D eigenvalue weighted by atomic mass is 16.5. The van der Waals surface area contributed by atoms with E-state index in [0.717, 1.165) is 23.2 Å². The Labute approximate surface area is 125 Å². The van der Waals surface area contributed by atoms with Crippen LogP contribution in [0.1, 0.15) is 30.9 Å². The number of rotatable bonds is 3. The van der Waals surface area contributed by atoms with Crippen LogP contribution in [0, 0.1) is 24.7 Å². The Kier molecular flexibility index (Phi) is 5.38. The summed E-state index contributed by atoms with van der Waals surface area (Å²) in [4.78, 5) is 12.2. The third kappa shape index (κ3) is 4.32. The zero-order chi connectivity index (χ0) is 15.2. The Morgan fingerprint density at radius 3 is 2.95 bits per heavy atom. The normalized spacial score (nSPS) is 20.7. The Bertz CT molecular complexity index is 571. The van der Waals surface area contributed by atoms with Gasteiger partial charge in [-0.1, -0.05) is 18.8 Å². The lowest BCUT2D eigenvalue weighted by Crippen LogP contribution is -2.31. The number of anilines is 1. The van der Waals surface area contributed by atoms with Crippen molar-refractivity contribution in [2.75, 3.05) is 18.5 Å². The van der Waals surface area contributed by atoms with Crippen molar-refractivity contribution in [1.82, 2.24) is 0 Å². The molecule has 1 saturated heterocycles. The van der Waals surface area contributed by atoms with Gasteiger partial charge in [0.25, 0.3) is 5.91 Å². The van der Waals surface area contributed by atoms with Crippen molar-refractivity contribution in [2.45, 2.75) is 32.8 Å². The van der Waals surface area contributed by atoms with Crippen molar-refractivity contribution < 1.29 is 14.6 Å². The minimum atomic E-state index is -0.366. The van der Waals surface area contributed by atoms with E-state index in [1.165, 1.54) is 0 Å². The molecule has 0 spiro atoms. The first-order valence-corrected chi connectivity index (χ1v) is 7.24. The molecule has 1 aliphatic rings. The third-order valence-corrected chi connectivity index (χ3v) is 3.46. The quantitative estimate of drug-likeness (QED) is 0.837. The first kappa shape index (κ1) is 15.6. The van der Waals surface area contributed by atoms with Gasteiger partial charge in [0.2, 0.25) is 0 Å². The fourth-order valence-corrected chi connectivity index (χ4v) is 2.39. The zero-order valence-corrected chi connectivity index (χ0v) is 12.5. The number of ether oxygens (including phenoxy) is 1. The molecule has 1 aromatic rings. The highest BCUT2D eigenvalue weighted by Gasteiger charge is 2.30. The predicted molar refractivity (Wildman–Crippen MR) is 81.9 cm³/mol. The molecule has 0 saturated carbocycles. The van der Waals surface area contributed by atoms with Gasteiger partial charge < -0.3 is 15.2 Å². The number of hydrogen-bond acceptors (Lipinski definition) is 3. The third-order valence-electron chi connectivity index (χ3n) is 3.46. The SMILES string of the molecule is Cc1cc(C#CCCO)cc(NC(=O)C2OCCC2C)c1. The predicted octanol–water partition coefficient (Wildman–Crippen LogP) is 2.09. The average molecular weight is 287 g/mol. The minimum Gasteiger partial charge on any atom is -0.395 e. The molecule has 1 aromatic carbocycles. The van der Waals surface area contributed by atoms with Crippen LogP contribution in [0.2, 0.25) is 0 Å². The van der Waals surface area contributed by atoms with E-state index >= 15 is 0 Å². The van der Waals surface area contributed by atoms with E-state index < -0.39 is 0 Å². The molecule has 0 bridgehead atoms. The van der Waals surface area contributed by atoms with Crippen molar-refractivity contribution in [3.05, 3.63) is 29.3 Å². The maximum Gasteiger partial charge on any atom is 0.253 e. The van der Waals surface area contributed by atoms with E-state index in [9.17, 15) is 4.79 Å². The molecular formula is C17H21NO3. The number of aliphatic hydroxyl groups is 1. The van der Waals surface area contributed by atoms with Crippen molar-refractivity contribution in [2.24, 2.45) is 5.92 Å². The number of benzene rings is 1. The van der Waals surface area contributed by atoms with Gasteiger partial charge in [-0.05, 0) is 43.0 Å². The maximum absolute atomic E-state index is 12.2. The molecule has 0 aromatic heterocycles. The first-order chi connectivity index (χ1) is 10.1. The van der Waals surface area contributed by atoms with Crippen LogP contribution in [-0.4, -0.2) is 30.3 Å². The second-order valence-corrected chi connectivity index (χ2v) is 5.41. The molecule has 112 valence electrons. The second-order valence-electron chi connectivity index (χ2n) is 5.41. The number of nitrogens with one attached hydrogen (secondary N) is 1. The lowest BCUT2D eigenvalue weighted by molar-refractivity contribution is -0.126. The molecule has 4 heteroatoms. The monoisotopic (exact) mass is 287 g/mol. The van der Waals surface area contributed by atoms with E-state index in [-0.39, 0.29) is 24.5 Å². The van der Waals surface area contributed by atoms with Gasteiger partial charge in [0, 0.05) is 24.3 Å². The largest absolute Gasteiger partial charge is 0.395 e. The standard InChI is InChI=1S/C17H21NO3/c1-12-9-14(5-3-4-7-19)11-15(10-12)18-17(20)16-13(2)6-8-21-16/h9-11,13,16,19H,4,6-8H2,1-2H3,(H,18,20). The highest BCUT2D eigenvalue weighted by Crippen LogP contribution is 2.22. The Morgan fingerprint density at radius 2 is 2.29 bits per heavy atom. The van der Waals surface area contributed by atoms with Crippen molar-refractivity contribution in [3.63, 3.8) is 0 Å². The van der Waals surface area contributed by atoms with Gasteiger partial charge in [0.1, 0.15) is 6.10 Å². The lowest BCUT2D eigenvalue weighted by Gasteiger charge is -2.15. The average Bonchev–Trinajstić information content (AvgIpc) is 2.85. The van der Waals surface area contributed by atoms with Crippen molar-refractivity contribution >= 4 is 11.6 Å². The highest BCUT2D eigenvalue weighted by molar-refractivity contribution is 5.94. The molecular weight excluding hydrogens is 266 g/mol. The molecule has 2 N–H and O–H groups in total. The van der Waals surface area contributed by atoms with E-state index in [0.29, 0.717) is 13.0 Å². The van der Waals surface area contributed by atoms with Gasteiger partial charge in [-0.15, -0.1) is 0 Å². The molecule has 2 unspecified atom stereocenters. The van der Waals surface area contributed by atoms with Gasteiger partial charge in [0.05, 0.1) is 6.61 Å². The molecule has 1 heterocycles. The molecule has 0 aliphatic carbocycles. The molecule has 21 heavy (non-hydrogen) atoms. The van der Waals surface area contributed by atoms with Crippen LogP contribution in [0.4, 0.5) is 5.69 Å². The number of carbonyl (C=O) groups excluding carboxylic acids is 1. The van der Waals surface area contributed by atoms with Crippen molar-refractivity contribution in [3.8, 4) is 11.8 Å². The number of aryl methyl sites for hydroxylation is 1. The summed E-state index contributed by atoms with van der Waals surface area (Å²) in [6.45, 7) is 4.69. The van der Waals surface area contributed by atoms with Gasteiger partial charge >= 0.3 is 0 Å². The molecule has 4 nitrogen and oxygen atoms in total. The van der Waals surface area contributed by atoms with Crippen LogP contribution in [-0.2, 0) is 9.53 Å². The van der Waals surface area contributed by atoms with E-state index in [1.54, 1.807) is 0 Å². The smallest absolute Gasteiger partial charge is 0.253 e. The van der Waals surface area contributed by atoms with Crippen LogP contribution in [0.15, 0.2) is 18.2 Å². The summed E-state index contributed by atoms with van der Waals surface area (Å²) < 4.78 is 5.47. The maximum atomic E-state index is 12.2. The second kappa shape index (κ2) is 7.26.